The summed E-state index contributed by atoms with van der Waals surface area (Å²) >= 11 is 0. The fraction of sp³-hybridized carbons (Fsp3) is 0.308. The lowest BCUT2D eigenvalue weighted by molar-refractivity contribution is -0.140. The largest absolute Gasteiger partial charge is 0.507 e. The van der Waals surface area contributed by atoms with Crippen molar-refractivity contribution in [2.24, 2.45) is 0 Å². The number of rotatable bonds is 11. The zero-order chi connectivity index (χ0) is 23.8. The molecule has 2 aromatic carbocycles. The Hall–Kier alpha value is -3.58. The fourth-order valence-electron chi connectivity index (χ4n) is 3.77. The van der Waals surface area contributed by atoms with Gasteiger partial charge in [0.25, 0.3) is 11.7 Å². The van der Waals surface area contributed by atoms with Crippen LogP contribution in [-0.4, -0.2) is 55.2 Å². The monoisotopic (exact) mass is 451 g/mol. The van der Waals surface area contributed by atoms with Crippen molar-refractivity contribution in [2.75, 3.05) is 33.5 Å². The van der Waals surface area contributed by atoms with Gasteiger partial charge in [0, 0.05) is 25.8 Å². The van der Waals surface area contributed by atoms with Crippen molar-refractivity contribution >= 4 is 17.4 Å². The Morgan fingerprint density at radius 3 is 2.30 bits per heavy atom. The average Bonchev–Trinajstić information content (AvgIpc) is 3.08. The highest BCUT2D eigenvalue weighted by atomic mass is 16.5. The van der Waals surface area contributed by atoms with Gasteiger partial charge in [-0.15, -0.1) is 0 Å². The molecule has 3 rings (SSSR count). The minimum Gasteiger partial charge on any atom is -0.507 e. The van der Waals surface area contributed by atoms with E-state index in [-0.39, 0.29) is 11.3 Å². The van der Waals surface area contributed by atoms with Crippen LogP contribution in [-0.2, 0) is 14.3 Å². The highest BCUT2D eigenvalue weighted by molar-refractivity contribution is 6.46. The third-order valence-electron chi connectivity index (χ3n) is 5.29. The third kappa shape index (κ3) is 5.43. The number of benzene rings is 2. The molecule has 0 spiro atoms. The van der Waals surface area contributed by atoms with Crippen LogP contribution in [0.3, 0.4) is 0 Å². The minimum atomic E-state index is -0.714. The number of nitrogens with zero attached hydrogens (tertiary/aromatic N) is 1. The maximum atomic E-state index is 13.0. The van der Waals surface area contributed by atoms with Gasteiger partial charge in [-0.05, 0) is 55.3 Å². The summed E-state index contributed by atoms with van der Waals surface area (Å²) in [7, 11) is 1.58. The third-order valence-corrected chi connectivity index (χ3v) is 5.29. The number of aliphatic hydroxyl groups excluding tert-OH is 1. The Balaban J connectivity index is 2.02. The lowest BCUT2D eigenvalue weighted by Gasteiger charge is -2.25. The van der Waals surface area contributed by atoms with Gasteiger partial charge in [0.2, 0.25) is 0 Å². The number of aliphatic hydroxyl groups is 1. The highest BCUT2D eigenvalue weighted by Crippen LogP contribution is 2.40. The van der Waals surface area contributed by atoms with Crippen molar-refractivity contribution in [1.29, 1.82) is 0 Å². The standard InChI is InChI=1S/C26H29NO6/c1-4-16-33-21-13-9-19(10-14-21)24(28)22-23(18-7-11-20(12-8-18)32-5-2)27(15-6-17-31-3)26(30)25(22)29/h4,7-14,23,28H,1,5-6,15-17H2,2-3H3/t23-/m1/s1. The second-order valence-corrected chi connectivity index (χ2v) is 7.46. The molecule has 1 aliphatic heterocycles. The summed E-state index contributed by atoms with van der Waals surface area (Å²) in [5.74, 6) is -0.285. The number of hydrogen-bond donors (Lipinski definition) is 1. The molecule has 0 saturated carbocycles. The Kier molecular flexibility index (Phi) is 8.27. The van der Waals surface area contributed by atoms with E-state index in [1.165, 1.54) is 4.90 Å². The van der Waals surface area contributed by atoms with Crippen LogP contribution < -0.4 is 9.47 Å². The van der Waals surface area contributed by atoms with E-state index in [9.17, 15) is 14.7 Å². The quantitative estimate of drug-likeness (QED) is 0.182. The summed E-state index contributed by atoms with van der Waals surface area (Å²) in [6, 6.07) is 13.2. The molecule has 1 heterocycles. The predicted octanol–water partition coefficient (Wildman–Crippen LogP) is 4.11. The van der Waals surface area contributed by atoms with Crippen molar-refractivity contribution in [3.8, 4) is 11.5 Å². The number of Topliss-reactive ketones (excluding diaryl/α,β-unsaturated/α-hetero) is 1. The van der Waals surface area contributed by atoms with Crippen LogP contribution in [0.4, 0.5) is 0 Å². The maximum absolute atomic E-state index is 13.0. The predicted molar refractivity (Wildman–Crippen MR) is 125 cm³/mol. The van der Waals surface area contributed by atoms with Crippen LogP contribution >= 0.6 is 0 Å². The fourth-order valence-corrected chi connectivity index (χ4v) is 3.77. The molecule has 7 heteroatoms. The molecule has 0 radical (unpaired) electrons. The van der Waals surface area contributed by atoms with Gasteiger partial charge in [0.15, 0.2) is 0 Å². The molecule has 0 unspecified atom stereocenters. The zero-order valence-electron chi connectivity index (χ0n) is 19.0. The molecule has 174 valence electrons. The van der Waals surface area contributed by atoms with Crippen LogP contribution in [0.15, 0.2) is 66.8 Å². The van der Waals surface area contributed by atoms with E-state index in [0.29, 0.717) is 55.4 Å². The lowest BCUT2D eigenvalue weighted by atomic mass is 9.95. The smallest absolute Gasteiger partial charge is 0.295 e. The Bertz CT molecular complexity index is 1010. The van der Waals surface area contributed by atoms with E-state index in [4.69, 9.17) is 14.2 Å². The van der Waals surface area contributed by atoms with Gasteiger partial charge < -0.3 is 24.2 Å². The molecule has 1 N–H and O–H groups in total. The first-order chi connectivity index (χ1) is 16.0. The van der Waals surface area contributed by atoms with E-state index < -0.39 is 17.7 Å². The number of amides is 1. The number of hydrogen-bond acceptors (Lipinski definition) is 6. The molecular weight excluding hydrogens is 422 g/mol. The average molecular weight is 452 g/mol. The van der Waals surface area contributed by atoms with Crippen molar-refractivity contribution < 1.29 is 28.9 Å². The van der Waals surface area contributed by atoms with Gasteiger partial charge in [-0.3, -0.25) is 9.59 Å². The van der Waals surface area contributed by atoms with Crippen molar-refractivity contribution in [1.82, 2.24) is 4.90 Å². The van der Waals surface area contributed by atoms with Gasteiger partial charge in [0.1, 0.15) is 23.9 Å². The number of methoxy groups -OCH3 is 1. The molecule has 1 aliphatic rings. The van der Waals surface area contributed by atoms with Crippen LogP contribution in [0.25, 0.3) is 5.76 Å². The van der Waals surface area contributed by atoms with Crippen LogP contribution in [0.2, 0.25) is 0 Å². The number of ketones is 1. The maximum Gasteiger partial charge on any atom is 0.295 e. The summed E-state index contributed by atoms with van der Waals surface area (Å²) < 4.78 is 16.1. The van der Waals surface area contributed by atoms with E-state index in [0.717, 1.165) is 0 Å². The number of carbonyl (C=O) groups is 2. The first kappa shape index (κ1) is 24.1. The molecule has 0 aromatic heterocycles. The summed E-state index contributed by atoms with van der Waals surface area (Å²) in [5, 5.41) is 11.1. The van der Waals surface area contributed by atoms with Gasteiger partial charge in [-0.25, -0.2) is 0 Å². The second kappa shape index (κ2) is 11.3. The second-order valence-electron chi connectivity index (χ2n) is 7.46. The van der Waals surface area contributed by atoms with E-state index in [1.807, 2.05) is 19.1 Å². The van der Waals surface area contributed by atoms with E-state index in [2.05, 4.69) is 6.58 Å². The lowest BCUT2D eigenvalue weighted by Crippen LogP contribution is -2.31. The zero-order valence-corrected chi connectivity index (χ0v) is 19.0. The summed E-state index contributed by atoms with van der Waals surface area (Å²) in [5.41, 5.74) is 1.19. The van der Waals surface area contributed by atoms with Gasteiger partial charge in [-0.1, -0.05) is 24.8 Å². The van der Waals surface area contributed by atoms with Crippen molar-refractivity contribution in [3.63, 3.8) is 0 Å². The van der Waals surface area contributed by atoms with Crippen LogP contribution in [0.5, 0.6) is 11.5 Å². The first-order valence-electron chi connectivity index (χ1n) is 10.9. The van der Waals surface area contributed by atoms with Crippen LogP contribution in [0, 0.1) is 0 Å². The van der Waals surface area contributed by atoms with E-state index >= 15 is 0 Å². The molecule has 1 saturated heterocycles. The molecule has 0 bridgehead atoms. The van der Waals surface area contributed by atoms with Crippen molar-refractivity contribution in [3.05, 3.63) is 77.9 Å². The molecule has 0 aliphatic carbocycles. The molecule has 1 fully saturated rings. The minimum absolute atomic E-state index is 0.0568. The topological polar surface area (TPSA) is 85.3 Å². The SMILES string of the molecule is C=CCOc1ccc(C(O)=C2C(=O)C(=O)N(CCCOC)[C@@H]2c2ccc(OCC)cc2)cc1. The number of carbonyl (C=O) groups excluding carboxylic acids is 2. The van der Waals surface area contributed by atoms with Gasteiger partial charge in [0.05, 0.1) is 18.2 Å². The van der Waals surface area contributed by atoms with Gasteiger partial charge >= 0.3 is 0 Å². The molecule has 1 atom stereocenters. The summed E-state index contributed by atoms with van der Waals surface area (Å²) in [4.78, 5) is 27.4. The summed E-state index contributed by atoms with van der Waals surface area (Å²) in [6.45, 7) is 7.17. The van der Waals surface area contributed by atoms with E-state index in [1.54, 1.807) is 49.6 Å². The highest BCUT2D eigenvalue weighted by Gasteiger charge is 2.45. The Morgan fingerprint density at radius 2 is 1.70 bits per heavy atom. The van der Waals surface area contributed by atoms with Crippen LogP contribution in [0.1, 0.15) is 30.5 Å². The molecule has 7 nitrogen and oxygen atoms in total. The Morgan fingerprint density at radius 1 is 1.06 bits per heavy atom. The van der Waals surface area contributed by atoms with Gasteiger partial charge in [-0.2, -0.15) is 0 Å². The molecule has 33 heavy (non-hydrogen) atoms. The normalized spacial score (nSPS) is 17.3. The van der Waals surface area contributed by atoms with Crippen molar-refractivity contribution in [2.45, 2.75) is 19.4 Å². The molecular formula is C26H29NO6. The molecule has 2 aromatic rings. The first-order valence-corrected chi connectivity index (χ1v) is 10.9. The Labute approximate surface area is 193 Å². The number of ether oxygens (including phenoxy) is 3. The summed E-state index contributed by atoms with van der Waals surface area (Å²) in [6.07, 6.45) is 2.20. The molecule has 1 amide bonds. The number of likely N-dealkylation sites (tertiary alicyclic amines) is 1.